The van der Waals surface area contributed by atoms with E-state index < -0.39 is 24.3 Å². The molecule has 4 rings (SSSR count). The van der Waals surface area contributed by atoms with Crippen molar-refractivity contribution in [2.24, 2.45) is 0 Å². The first-order chi connectivity index (χ1) is 18.0. The molecule has 2 heterocycles. The van der Waals surface area contributed by atoms with Gasteiger partial charge in [-0.15, -0.1) is 11.3 Å². The molecule has 202 valence electrons. The van der Waals surface area contributed by atoms with E-state index in [9.17, 15) is 27.9 Å². The molecule has 1 aliphatic rings. The van der Waals surface area contributed by atoms with Crippen molar-refractivity contribution in [3.63, 3.8) is 0 Å². The van der Waals surface area contributed by atoms with Crippen molar-refractivity contribution < 1.29 is 42.4 Å². The predicted molar refractivity (Wildman–Crippen MR) is 134 cm³/mol. The van der Waals surface area contributed by atoms with Gasteiger partial charge < -0.3 is 24.6 Å². The lowest BCUT2D eigenvalue weighted by molar-refractivity contribution is -0.139. The standard InChI is InChI=1S/C25H23F3N2O6S2/c1-2-29-16(13-35-23(29)34)9-14-3-6-17(7-4-14)36-19-8-5-15(10-18(19)25(26,27)28)11-20-22(33)30(12-21(31)32)24(37)38-20/h3-8,10,16,33H,2,9,11-13H2,1H3,(H,31,32). The molecule has 1 aromatic heterocycles. The second kappa shape index (κ2) is 11.0. The number of nitrogens with zero attached hydrogens (tertiary/aromatic N) is 2. The highest BCUT2D eigenvalue weighted by Gasteiger charge is 2.35. The second-order valence-corrected chi connectivity index (χ2v) is 10.3. The smallest absolute Gasteiger partial charge is 0.419 e. The molecule has 3 aromatic rings. The number of aliphatic carboxylic acids is 1. The number of carbonyl (C=O) groups is 2. The summed E-state index contributed by atoms with van der Waals surface area (Å²) < 4.78 is 53.5. The summed E-state index contributed by atoms with van der Waals surface area (Å²) in [6.07, 6.45) is -4.61. The molecule has 1 saturated heterocycles. The number of carbonyl (C=O) groups excluding carboxylic acids is 1. The van der Waals surface area contributed by atoms with Crippen molar-refractivity contribution >= 4 is 35.6 Å². The molecule has 0 saturated carbocycles. The van der Waals surface area contributed by atoms with Gasteiger partial charge in [-0.3, -0.25) is 9.36 Å². The molecule has 0 radical (unpaired) electrons. The van der Waals surface area contributed by atoms with Gasteiger partial charge in [0.1, 0.15) is 24.7 Å². The van der Waals surface area contributed by atoms with Crippen molar-refractivity contribution in [1.82, 2.24) is 9.47 Å². The fraction of sp³-hybridized carbons (Fsp3) is 0.320. The van der Waals surface area contributed by atoms with Crippen molar-refractivity contribution in [1.29, 1.82) is 0 Å². The number of thiazole rings is 1. The summed E-state index contributed by atoms with van der Waals surface area (Å²) in [5, 5.41) is 19.3. The molecular formula is C25H23F3N2O6S2. The number of ether oxygens (including phenoxy) is 2. The van der Waals surface area contributed by atoms with E-state index in [-0.39, 0.29) is 56.9 Å². The van der Waals surface area contributed by atoms with Crippen LogP contribution in [0.25, 0.3) is 0 Å². The van der Waals surface area contributed by atoms with Gasteiger partial charge in [-0.1, -0.05) is 18.2 Å². The third kappa shape index (κ3) is 6.10. The lowest BCUT2D eigenvalue weighted by Gasteiger charge is -2.19. The van der Waals surface area contributed by atoms with E-state index in [0.717, 1.165) is 27.5 Å². The molecule has 1 atom stereocenters. The number of hydrogen-bond acceptors (Lipinski definition) is 7. The van der Waals surface area contributed by atoms with Crippen LogP contribution in [0.3, 0.4) is 0 Å². The first-order valence-corrected chi connectivity index (χ1v) is 12.7. The Balaban J connectivity index is 1.52. The van der Waals surface area contributed by atoms with E-state index in [0.29, 0.717) is 13.0 Å². The Morgan fingerprint density at radius 3 is 2.53 bits per heavy atom. The fourth-order valence-electron chi connectivity index (χ4n) is 4.15. The summed E-state index contributed by atoms with van der Waals surface area (Å²) in [6.45, 7) is 2.10. The Labute approximate surface area is 224 Å². The summed E-state index contributed by atoms with van der Waals surface area (Å²) in [5.41, 5.74) is 0.123. The Kier molecular flexibility index (Phi) is 7.97. The number of halogens is 3. The molecule has 0 spiro atoms. The topological polar surface area (TPSA) is 101 Å². The van der Waals surface area contributed by atoms with Crippen LogP contribution < -0.4 is 4.74 Å². The van der Waals surface area contributed by atoms with Crippen LogP contribution in [0.2, 0.25) is 0 Å². The third-order valence-corrected chi connectivity index (χ3v) is 7.42. The van der Waals surface area contributed by atoms with Crippen LogP contribution in [0.1, 0.15) is 28.5 Å². The Morgan fingerprint density at radius 1 is 1.21 bits per heavy atom. The highest BCUT2D eigenvalue weighted by molar-refractivity contribution is 7.73. The molecule has 2 aromatic carbocycles. The Hall–Kier alpha value is -3.58. The van der Waals surface area contributed by atoms with E-state index in [4.69, 9.17) is 26.8 Å². The minimum atomic E-state index is -4.71. The quantitative estimate of drug-likeness (QED) is 0.312. The summed E-state index contributed by atoms with van der Waals surface area (Å²) in [4.78, 5) is 24.6. The molecule has 0 aliphatic carbocycles. The number of amides is 1. The molecule has 1 fully saturated rings. The maximum Gasteiger partial charge on any atom is 0.419 e. The van der Waals surface area contributed by atoms with E-state index in [1.54, 1.807) is 29.2 Å². The normalized spacial score (nSPS) is 15.5. The zero-order valence-corrected chi connectivity index (χ0v) is 21.7. The Bertz CT molecular complexity index is 1400. The zero-order chi connectivity index (χ0) is 27.6. The van der Waals surface area contributed by atoms with Crippen molar-refractivity contribution in [3.8, 4) is 17.4 Å². The maximum atomic E-state index is 13.9. The monoisotopic (exact) mass is 568 g/mol. The average Bonchev–Trinajstić information content (AvgIpc) is 3.33. The highest BCUT2D eigenvalue weighted by Crippen LogP contribution is 2.40. The van der Waals surface area contributed by atoms with Crippen molar-refractivity contribution in [2.75, 3.05) is 13.2 Å². The highest BCUT2D eigenvalue weighted by atomic mass is 32.1. The number of carboxylic acids is 1. The Morgan fingerprint density at radius 2 is 1.89 bits per heavy atom. The third-order valence-electron chi connectivity index (χ3n) is 5.98. The number of rotatable bonds is 9. The van der Waals surface area contributed by atoms with Crippen molar-refractivity contribution in [3.05, 3.63) is 68.0 Å². The number of hydrogen-bond donors (Lipinski definition) is 2. The van der Waals surface area contributed by atoms with Crippen LogP contribution in [0.4, 0.5) is 18.0 Å². The second-order valence-electron chi connectivity index (χ2n) is 8.57. The van der Waals surface area contributed by atoms with Gasteiger partial charge in [-0.05, 0) is 61.0 Å². The van der Waals surface area contributed by atoms with Crippen LogP contribution in [0.5, 0.6) is 17.4 Å². The minimum Gasteiger partial charge on any atom is -0.494 e. The first kappa shape index (κ1) is 27.5. The van der Waals surface area contributed by atoms with Crippen LogP contribution in [-0.2, 0) is 35.1 Å². The van der Waals surface area contributed by atoms with Gasteiger partial charge in [0.2, 0.25) is 5.88 Å². The number of carboxylic acid groups (broad SMARTS) is 1. The van der Waals surface area contributed by atoms with Crippen LogP contribution >= 0.6 is 23.6 Å². The average molecular weight is 569 g/mol. The van der Waals surface area contributed by atoms with E-state index in [1.165, 1.54) is 12.1 Å². The number of likely N-dealkylation sites (N-methyl/N-ethyl adjacent to an activating group) is 1. The number of benzene rings is 2. The van der Waals surface area contributed by atoms with Gasteiger partial charge in [-0.25, -0.2) is 4.79 Å². The van der Waals surface area contributed by atoms with Crippen molar-refractivity contribution in [2.45, 2.75) is 38.5 Å². The molecule has 1 unspecified atom stereocenters. The van der Waals surface area contributed by atoms with Gasteiger partial charge in [0.15, 0.2) is 3.95 Å². The molecule has 1 amide bonds. The van der Waals surface area contributed by atoms with Gasteiger partial charge >= 0.3 is 18.2 Å². The molecule has 2 N–H and O–H groups in total. The first-order valence-electron chi connectivity index (χ1n) is 11.5. The predicted octanol–water partition coefficient (Wildman–Crippen LogP) is 5.85. The summed E-state index contributed by atoms with van der Waals surface area (Å²) in [5.74, 6) is -1.77. The van der Waals surface area contributed by atoms with Crippen LogP contribution in [0.15, 0.2) is 42.5 Å². The molecular weight excluding hydrogens is 545 g/mol. The SMILES string of the molecule is CCN1C(=O)OCC1Cc1ccc(Oc2ccc(Cc3sc(=S)n(CC(=O)O)c3O)cc2C(F)(F)F)cc1. The number of aromatic hydroxyl groups is 1. The zero-order valence-electron chi connectivity index (χ0n) is 20.0. The molecule has 38 heavy (non-hydrogen) atoms. The van der Waals surface area contributed by atoms with Crippen LogP contribution in [-0.4, -0.2) is 50.9 Å². The number of aromatic nitrogens is 1. The van der Waals surface area contributed by atoms with Gasteiger partial charge in [-0.2, -0.15) is 13.2 Å². The summed E-state index contributed by atoms with van der Waals surface area (Å²) in [7, 11) is 0. The van der Waals surface area contributed by atoms with Crippen LogP contribution in [0, 0.1) is 3.95 Å². The lowest BCUT2D eigenvalue weighted by atomic mass is 10.1. The molecule has 1 aliphatic heterocycles. The maximum absolute atomic E-state index is 13.9. The molecule has 0 bridgehead atoms. The number of cyclic esters (lactones) is 1. The van der Waals surface area contributed by atoms with E-state index in [2.05, 4.69) is 0 Å². The molecule has 13 heteroatoms. The fourth-order valence-corrected chi connectivity index (χ4v) is 5.52. The van der Waals surface area contributed by atoms with E-state index in [1.807, 2.05) is 6.92 Å². The van der Waals surface area contributed by atoms with Gasteiger partial charge in [0.25, 0.3) is 0 Å². The minimum absolute atomic E-state index is 0.0764. The number of alkyl halides is 3. The van der Waals surface area contributed by atoms with E-state index >= 15 is 0 Å². The largest absolute Gasteiger partial charge is 0.494 e. The lowest BCUT2D eigenvalue weighted by Crippen LogP contribution is -2.34. The summed E-state index contributed by atoms with van der Waals surface area (Å²) in [6, 6.07) is 10.1. The van der Waals surface area contributed by atoms with Gasteiger partial charge in [0.05, 0.1) is 16.5 Å². The van der Waals surface area contributed by atoms with Gasteiger partial charge in [0, 0.05) is 13.0 Å². The molecule has 8 nitrogen and oxygen atoms in total. The summed E-state index contributed by atoms with van der Waals surface area (Å²) >= 11 is 6.01.